The number of nitrogens with zero attached hydrogens (tertiary/aromatic N) is 2. The van der Waals surface area contributed by atoms with Gasteiger partial charge in [0.05, 0.1) is 25.3 Å². The Bertz CT molecular complexity index is 2370. The Hall–Kier alpha value is -2.59. The molecular formula is C45H52I2N2O5S2. The first kappa shape index (κ1) is 43.0. The van der Waals surface area contributed by atoms with E-state index in [1.165, 1.54) is 20.5 Å². The number of unbranched alkanes of at least 4 members (excludes halogenated alkanes) is 3. The highest BCUT2D eigenvalue weighted by Crippen LogP contribution is 2.49. The van der Waals surface area contributed by atoms with Crippen LogP contribution in [0.15, 0.2) is 118 Å². The third kappa shape index (κ3) is 9.01. The average Bonchev–Trinajstić information content (AvgIpc) is 3.48. The summed E-state index contributed by atoms with van der Waals surface area (Å²) in [5, 5.41) is 0. The van der Waals surface area contributed by atoms with Crippen LogP contribution in [0.25, 0.3) is 0 Å². The summed E-state index contributed by atoms with van der Waals surface area (Å²) in [7, 11) is -8.20. The normalized spacial score (nSPS) is 19.5. The van der Waals surface area contributed by atoms with E-state index in [0.717, 1.165) is 63.9 Å². The Balaban J connectivity index is 1.48. The fourth-order valence-electron chi connectivity index (χ4n) is 8.49. The minimum absolute atomic E-state index is 0.266. The number of sulfone groups is 1. The van der Waals surface area contributed by atoms with Gasteiger partial charge in [0.2, 0.25) is 15.5 Å². The number of hydrogen-bond donors (Lipinski definition) is 0. The first-order valence-corrected chi connectivity index (χ1v) is 24.8. The van der Waals surface area contributed by atoms with Gasteiger partial charge in [0.25, 0.3) is 0 Å². The van der Waals surface area contributed by atoms with Gasteiger partial charge >= 0.3 is 0 Å². The van der Waals surface area contributed by atoms with Crippen molar-refractivity contribution in [2.75, 3.05) is 23.7 Å². The van der Waals surface area contributed by atoms with Crippen LogP contribution in [0.2, 0.25) is 0 Å². The molecule has 0 unspecified atom stereocenters. The number of benzene rings is 3. The number of allylic oxidation sites excluding steroid dienone is 7. The van der Waals surface area contributed by atoms with Crippen LogP contribution in [0.4, 0.5) is 11.4 Å². The zero-order valence-electron chi connectivity index (χ0n) is 32.9. The van der Waals surface area contributed by atoms with Gasteiger partial charge in [-0.05, 0) is 163 Å². The van der Waals surface area contributed by atoms with Crippen LogP contribution in [-0.4, -0.2) is 50.5 Å². The lowest BCUT2D eigenvalue weighted by Gasteiger charge is -2.28. The van der Waals surface area contributed by atoms with Crippen LogP contribution in [0.1, 0.15) is 97.1 Å². The largest absolute Gasteiger partial charge is 0.748 e. The smallest absolute Gasteiger partial charge is 0.209 e. The SMILES string of the molecule is CCCCC[N+]1=C(/C=C/C2=C(S(=O)(=O)c3ccccc3)C(=C/C=C3/N(CCCCS(=O)(=O)[O-])c4ccc(I)cc4C3(C)C)/CCC2)C(C)(C)c2cc(I)ccc21. The number of halogens is 2. The summed E-state index contributed by atoms with van der Waals surface area (Å²) in [4.78, 5) is 2.86. The molecule has 0 atom stereocenters. The summed E-state index contributed by atoms with van der Waals surface area (Å²) in [5.41, 5.74) is 7.80. The van der Waals surface area contributed by atoms with Gasteiger partial charge in [0, 0.05) is 60.4 Å². The Kier molecular flexibility index (Phi) is 13.3. The molecule has 0 N–H and O–H groups in total. The molecule has 0 saturated heterocycles. The van der Waals surface area contributed by atoms with Crippen molar-refractivity contribution in [3.05, 3.63) is 131 Å². The van der Waals surface area contributed by atoms with Crippen molar-refractivity contribution < 1.29 is 26.0 Å². The van der Waals surface area contributed by atoms with Crippen molar-refractivity contribution in [3.8, 4) is 0 Å². The molecule has 56 heavy (non-hydrogen) atoms. The van der Waals surface area contributed by atoms with E-state index in [1.807, 2.05) is 12.1 Å². The molecule has 0 spiro atoms. The van der Waals surface area contributed by atoms with E-state index in [2.05, 4.69) is 144 Å². The second-order valence-corrected chi connectivity index (χ2v) is 21.9. The van der Waals surface area contributed by atoms with Crippen molar-refractivity contribution >= 4 is 82.2 Å². The van der Waals surface area contributed by atoms with Crippen LogP contribution in [0, 0.1) is 7.14 Å². The molecule has 6 rings (SSSR count). The predicted octanol–water partition coefficient (Wildman–Crippen LogP) is 10.9. The van der Waals surface area contributed by atoms with Gasteiger partial charge in [-0.1, -0.05) is 57.5 Å². The van der Waals surface area contributed by atoms with E-state index in [1.54, 1.807) is 24.3 Å². The molecule has 7 nitrogen and oxygen atoms in total. The highest BCUT2D eigenvalue weighted by molar-refractivity contribution is 14.1. The lowest BCUT2D eigenvalue weighted by Crippen LogP contribution is -2.28. The summed E-state index contributed by atoms with van der Waals surface area (Å²) in [6.07, 6.45) is 14.5. The molecule has 0 bridgehead atoms. The molecule has 3 aromatic carbocycles. The van der Waals surface area contributed by atoms with E-state index >= 15 is 0 Å². The number of rotatable bonds is 14. The van der Waals surface area contributed by atoms with Crippen LogP contribution in [0.3, 0.4) is 0 Å². The Morgan fingerprint density at radius 2 is 1.50 bits per heavy atom. The van der Waals surface area contributed by atoms with Crippen molar-refractivity contribution in [3.63, 3.8) is 0 Å². The van der Waals surface area contributed by atoms with Gasteiger partial charge in [-0.15, -0.1) is 0 Å². The van der Waals surface area contributed by atoms with Gasteiger partial charge in [0.1, 0.15) is 6.54 Å². The fraction of sp³-hybridized carbons (Fsp3) is 0.400. The Morgan fingerprint density at radius 1 is 0.804 bits per heavy atom. The lowest BCUT2D eigenvalue weighted by molar-refractivity contribution is -0.438. The lowest BCUT2D eigenvalue weighted by atomic mass is 9.81. The van der Waals surface area contributed by atoms with Crippen molar-refractivity contribution in [1.29, 1.82) is 0 Å². The minimum Gasteiger partial charge on any atom is -0.748 e. The van der Waals surface area contributed by atoms with Crippen molar-refractivity contribution in [2.45, 2.75) is 102 Å². The molecular weight excluding hydrogens is 966 g/mol. The summed E-state index contributed by atoms with van der Waals surface area (Å²) in [5.74, 6) is -0.396. The third-order valence-corrected chi connectivity index (χ3v) is 15.5. The molecule has 0 aromatic heterocycles. The van der Waals surface area contributed by atoms with Crippen molar-refractivity contribution in [1.82, 2.24) is 0 Å². The monoisotopic (exact) mass is 1020 g/mol. The second kappa shape index (κ2) is 17.3. The van der Waals surface area contributed by atoms with Gasteiger partial charge < -0.3 is 9.45 Å². The standard InChI is InChI=1S/C45H52I2N2O5S2/c1-6-7-11-27-48-39-23-21-34(46)30-37(39)44(2,3)41(48)25-19-32-15-14-16-33(43(32)56(53,54)36-17-9-8-10-18-36)20-26-42-45(4,5)38-31-35(47)22-24-40(38)49(42)28-12-13-29-55(50,51)52/h8-10,17-26,30-31H,6-7,11-16,27-29H2,1-5H3. The van der Waals surface area contributed by atoms with E-state index in [0.29, 0.717) is 30.7 Å². The topological polar surface area (TPSA) is 97.6 Å². The van der Waals surface area contributed by atoms with Gasteiger partial charge in [-0.25, -0.2) is 16.8 Å². The van der Waals surface area contributed by atoms with Gasteiger partial charge in [-0.3, -0.25) is 0 Å². The van der Waals surface area contributed by atoms with Crippen molar-refractivity contribution in [2.24, 2.45) is 0 Å². The van der Waals surface area contributed by atoms with Crippen LogP contribution >= 0.6 is 45.2 Å². The van der Waals surface area contributed by atoms with E-state index < -0.39 is 31.1 Å². The van der Waals surface area contributed by atoms with E-state index in [4.69, 9.17) is 0 Å². The molecule has 0 amide bonds. The third-order valence-electron chi connectivity index (χ3n) is 11.4. The maximum atomic E-state index is 14.8. The molecule has 3 aliphatic rings. The van der Waals surface area contributed by atoms with Gasteiger partial charge in [0.15, 0.2) is 5.71 Å². The zero-order valence-corrected chi connectivity index (χ0v) is 38.9. The fourth-order valence-corrected chi connectivity index (χ4v) is 11.8. The molecule has 0 fully saturated rings. The summed E-state index contributed by atoms with van der Waals surface area (Å²) < 4.78 is 68.5. The number of fused-ring (bicyclic) bond motifs is 2. The van der Waals surface area contributed by atoms with Crippen LogP contribution < -0.4 is 4.90 Å². The highest BCUT2D eigenvalue weighted by Gasteiger charge is 2.44. The maximum Gasteiger partial charge on any atom is 0.209 e. The second-order valence-electron chi connectivity index (χ2n) is 16.0. The first-order chi connectivity index (χ1) is 26.5. The molecule has 3 aromatic rings. The average molecular weight is 1020 g/mol. The molecule has 11 heteroatoms. The molecule has 1 aliphatic carbocycles. The quantitative estimate of drug-likeness (QED) is 0.0691. The number of anilines is 1. The van der Waals surface area contributed by atoms with Crippen LogP contribution in [0.5, 0.6) is 0 Å². The highest BCUT2D eigenvalue weighted by atomic mass is 127. The van der Waals surface area contributed by atoms with Gasteiger partial charge in [-0.2, -0.15) is 4.58 Å². The summed E-state index contributed by atoms with van der Waals surface area (Å²) in [6, 6.07) is 21.8. The minimum atomic E-state index is -4.30. The van der Waals surface area contributed by atoms with E-state index in [9.17, 15) is 21.4 Å². The molecule has 2 aliphatic heterocycles. The summed E-state index contributed by atoms with van der Waals surface area (Å²) >= 11 is 4.71. The predicted molar refractivity (Wildman–Crippen MR) is 245 cm³/mol. The molecule has 2 heterocycles. The Labute approximate surface area is 361 Å². The first-order valence-electron chi connectivity index (χ1n) is 19.6. The maximum absolute atomic E-state index is 14.8. The molecule has 0 saturated carbocycles. The molecule has 298 valence electrons. The van der Waals surface area contributed by atoms with Crippen LogP contribution in [-0.2, 0) is 30.8 Å². The van der Waals surface area contributed by atoms with E-state index in [-0.39, 0.29) is 16.7 Å². The molecule has 0 radical (unpaired) electrons. The zero-order chi connectivity index (χ0) is 40.5. The Morgan fingerprint density at radius 3 is 2.20 bits per heavy atom. The summed E-state index contributed by atoms with van der Waals surface area (Å²) in [6.45, 7) is 12.5. The number of hydrogen-bond acceptors (Lipinski definition) is 6.